The van der Waals surface area contributed by atoms with Crippen LogP contribution in [0.25, 0.3) is 10.9 Å². The highest BCUT2D eigenvalue weighted by atomic mass is 19.4. The summed E-state index contributed by atoms with van der Waals surface area (Å²) in [6.07, 6.45) is -0.928. The fraction of sp³-hybridized carbons (Fsp3) is 0.471. The third kappa shape index (κ3) is 3.21. The lowest BCUT2D eigenvalue weighted by Gasteiger charge is -2.32. The summed E-state index contributed by atoms with van der Waals surface area (Å²) in [6, 6.07) is 5.33. The highest BCUT2D eigenvalue weighted by Gasteiger charge is 2.48. The molecule has 0 radical (unpaired) electrons. The minimum atomic E-state index is -4.32. The molecule has 1 aliphatic rings. The number of nitrogens with one attached hydrogen (secondary N) is 2. The predicted octanol–water partition coefficient (Wildman–Crippen LogP) is 4.78. The molecule has 0 unspecified atom stereocenters. The number of anilines is 1. The predicted molar refractivity (Wildman–Crippen MR) is 83.2 cm³/mol. The van der Waals surface area contributed by atoms with Gasteiger partial charge in [0.05, 0.1) is 5.92 Å². The average molecular weight is 324 g/mol. The summed E-state index contributed by atoms with van der Waals surface area (Å²) >= 11 is 0. The Morgan fingerprint density at radius 2 is 2.00 bits per heavy atom. The lowest BCUT2D eigenvalue weighted by molar-refractivity contribution is -0.197. The van der Waals surface area contributed by atoms with Gasteiger partial charge in [-0.2, -0.15) is 13.2 Å². The van der Waals surface area contributed by atoms with Crippen LogP contribution in [0.4, 0.5) is 18.9 Å². The zero-order valence-electron chi connectivity index (χ0n) is 12.8. The number of aromatic nitrogens is 1. The van der Waals surface area contributed by atoms with Crippen LogP contribution in [0.1, 0.15) is 31.2 Å². The van der Waals surface area contributed by atoms with Crippen LogP contribution in [-0.2, 0) is 4.79 Å². The number of hydrogen-bond donors (Lipinski definition) is 2. The van der Waals surface area contributed by atoms with Crippen molar-refractivity contribution in [3.05, 3.63) is 30.0 Å². The van der Waals surface area contributed by atoms with Crippen molar-refractivity contribution in [2.75, 3.05) is 5.32 Å². The standard InChI is InChI=1S/C17H19F3N2O/c1-10-9-21-15-7-6-11(8-13(10)15)22-16(23)12-4-2-3-5-14(12)17(18,19)20/h6-9,12,14,21H,2-5H2,1H3,(H,22,23)/t12-,14-/m1/s1. The Morgan fingerprint density at radius 1 is 1.26 bits per heavy atom. The molecular weight excluding hydrogens is 305 g/mol. The van der Waals surface area contributed by atoms with Crippen molar-refractivity contribution < 1.29 is 18.0 Å². The molecule has 124 valence electrons. The maximum atomic E-state index is 13.1. The fourth-order valence-corrected chi connectivity index (χ4v) is 3.41. The van der Waals surface area contributed by atoms with E-state index in [1.807, 2.05) is 19.2 Å². The number of alkyl halides is 3. The molecule has 1 fully saturated rings. The van der Waals surface area contributed by atoms with Gasteiger partial charge in [0.15, 0.2) is 0 Å². The second-order valence-electron chi connectivity index (χ2n) is 6.26. The smallest absolute Gasteiger partial charge is 0.361 e. The number of carbonyl (C=O) groups is 1. The molecule has 1 amide bonds. The van der Waals surface area contributed by atoms with Gasteiger partial charge in [-0.25, -0.2) is 0 Å². The van der Waals surface area contributed by atoms with Gasteiger partial charge in [-0.05, 0) is 43.5 Å². The molecule has 1 aromatic carbocycles. The monoisotopic (exact) mass is 324 g/mol. The van der Waals surface area contributed by atoms with Gasteiger partial charge >= 0.3 is 6.18 Å². The van der Waals surface area contributed by atoms with Crippen LogP contribution in [0.3, 0.4) is 0 Å². The van der Waals surface area contributed by atoms with E-state index in [1.54, 1.807) is 12.1 Å². The first-order valence-electron chi connectivity index (χ1n) is 7.81. The number of aryl methyl sites for hydroxylation is 1. The Morgan fingerprint density at radius 3 is 2.74 bits per heavy atom. The third-order valence-corrected chi connectivity index (χ3v) is 4.68. The SMILES string of the molecule is Cc1c[nH]c2ccc(NC(=O)[C@@H]3CCCC[C@H]3C(F)(F)F)cc12. The van der Waals surface area contributed by atoms with Crippen molar-refractivity contribution >= 4 is 22.5 Å². The molecule has 2 aromatic rings. The molecule has 0 aliphatic heterocycles. The number of rotatable bonds is 2. The molecule has 3 nitrogen and oxygen atoms in total. The summed E-state index contributed by atoms with van der Waals surface area (Å²) < 4.78 is 39.4. The van der Waals surface area contributed by atoms with Crippen LogP contribution in [0.2, 0.25) is 0 Å². The van der Waals surface area contributed by atoms with E-state index in [0.29, 0.717) is 24.9 Å². The van der Waals surface area contributed by atoms with E-state index in [0.717, 1.165) is 16.5 Å². The first-order valence-corrected chi connectivity index (χ1v) is 7.81. The number of hydrogen-bond acceptors (Lipinski definition) is 1. The summed E-state index contributed by atoms with van der Waals surface area (Å²) in [5.74, 6) is -3.06. The van der Waals surface area contributed by atoms with E-state index in [-0.39, 0.29) is 6.42 Å². The minimum Gasteiger partial charge on any atom is -0.361 e. The molecule has 23 heavy (non-hydrogen) atoms. The van der Waals surface area contributed by atoms with E-state index in [1.165, 1.54) is 0 Å². The van der Waals surface area contributed by atoms with Gasteiger partial charge in [-0.15, -0.1) is 0 Å². The summed E-state index contributed by atoms with van der Waals surface area (Å²) in [5.41, 5.74) is 2.50. The Kier molecular flexibility index (Phi) is 4.08. The van der Waals surface area contributed by atoms with Gasteiger partial charge < -0.3 is 10.3 Å². The highest BCUT2D eigenvalue weighted by molar-refractivity contribution is 5.96. The Labute approximate surface area is 132 Å². The van der Waals surface area contributed by atoms with Crippen LogP contribution in [0.5, 0.6) is 0 Å². The number of amides is 1. The topological polar surface area (TPSA) is 44.9 Å². The van der Waals surface area contributed by atoms with Gasteiger partial charge in [0, 0.05) is 28.7 Å². The van der Waals surface area contributed by atoms with Gasteiger partial charge in [-0.3, -0.25) is 4.79 Å². The van der Waals surface area contributed by atoms with E-state index >= 15 is 0 Å². The molecule has 1 aromatic heterocycles. The number of fused-ring (bicyclic) bond motifs is 1. The summed E-state index contributed by atoms with van der Waals surface area (Å²) in [5, 5.41) is 3.63. The van der Waals surface area contributed by atoms with Crippen LogP contribution in [0, 0.1) is 18.8 Å². The molecule has 0 bridgehead atoms. The number of halogens is 3. The van der Waals surface area contributed by atoms with E-state index < -0.39 is 23.9 Å². The normalized spacial score (nSPS) is 22.3. The van der Waals surface area contributed by atoms with Crippen molar-refractivity contribution in [1.29, 1.82) is 0 Å². The summed E-state index contributed by atoms with van der Waals surface area (Å²) in [7, 11) is 0. The van der Waals surface area contributed by atoms with Crippen LogP contribution < -0.4 is 5.32 Å². The second-order valence-corrected chi connectivity index (χ2v) is 6.26. The van der Waals surface area contributed by atoms with E-state index in [9.17, 15) is 18.0 Å². The molecule has 1 aliphatic carbocycles. The van der Waals surface area contributed by atoms with Gasteiger partial charge in [0.25, 0.3) is 0 Å². The molecule has 1 saturated carbocycles. The number of aromatic amines is 1. The first-order chi connectivity index (χ1) is 10.9. The van der Waals surface area contributed by atoms with Gasteiger partial charge in [0.2, 0.25) is 5.91 Å². The number of H-pyrrole nitrogens is 1. The second kappa shape index (κ2) is 5.91. The van der Waals surface area contributed by atoms with Crippen molar-refractivity contribution in [1.82, 2.24) is 4.98 Å². The number of benzene rings is 1. The van der Waals surface area contributed by atoms with Crippen molar-refractivity contribution in [3.8, 4) is 0 Å². The lowest BCUT2D eigenvalue weighted by Crippen LogP contribution is -2.39. The molecule has 0 saturated heterocycles. The Balaban J connectivity index is 1.80. The lowest BCUT2D eigenvalue weighted by atomic mass is 9.78. The third-order valence-electron chi connectivity index (χ3n) is 4.68. The number of carbonyl (C=O) groups excluding carboxylic acids is 1. The maximum Gasteiger partial charge on any atom is 0.392 e. The maximum absolute atomic E-state index is 13.1. The molecular formula is C17H19F3N2O. The quantitative estimate of drug-likeness (QED) is 0.820. The summed E-state index contributed by atoms with van der Waals surface area (Å²) in [6.45, 7) is 1.94. The molecule has 2 N–H and O–H groups in total. The highest BCUT2D eigenvalue weighted by Crippen LogP contribution is 2.42. The average Bonchev–Trinajstić information content (AvgIpc) is 2.87. The van der Waals surface area contributed by atoms with E-state index in [2.05, 4.69) is 10.3 Å². The molecule has 2 atom stereocenters. The van der Waals surface area contributed by atoms with Crippen molar-refractivity contribution in [2.24, 2.45) is 11.8 Å². The van der Waals surface area contributed by atoms with E-state index in [4.69, 9.17) is 0 Å². The van der Waals surface area contributed by atoms with Gasteiger partial charge in [0.1, 0.15) is 0 Å². The molecule has 3 rings (SSSR count). The van der Waals surface area contributed by atoms with Crippen molar-refractivity contribution in [2.45, 2.75) is 38.8 Å². The largest absolute Gasteiger partial charge is 0.392 e. The minimum absolute atomic E-state index is 0.0392. The van der Waals surface area contributed by atoms with Crippen LogP contribution in [-0.4, -0.2) is 17.1 Å². The van der Waals surface area contributed by atoms with Crippen molar-refractivity contribution in [3.63, 3.8) is 0 Å². The zero-order chi connectivity index (χ0) is 16.6. The molecule has 1 heterocycles. The fourth-order valence-electron chi connectivity index (χ4n) is 3.41. The molecule has 0 spiro atoms. The Hall–Kier alpha value is -1.98. The van der Waals surface area contributed by atoms with Crippen LogP contribution >= 0.6 is 0 Å². The zero-order valence-corrected chi connectivity index (χ0v) is 12.8. The first kappa shape index (κ1) is 15.9. The van der Waals surface area contributed by atoms with Crippen LogP contribution in [0.15, 0.2) is 24.4 Å². The summed E-state index contributed by atoms with van der Waals surface area (Å²) in [4.78, 5) is 15.5. The Bertz CT molecular complexity index is 720. The van der Waals surface area contributed by atoms with Gasteiger partial charge in [-0.1, -0.05) is 12.8 Å². The molecule has 6 heteroatoms.